The highest BCUT2D eigenvalue weighted by Crippen LogP contribution is 2.32. The van der Waals surface area contributed by atoms with E-state index in [0.29, 0.717) is 30.8 Å². The van der Waals surface area contributed by atoms with Gasteiger partial charge in [0, 0.05) is 24.4 Å². The van der Waals surface area contributed by atoms with E-state index >= 15 is 0 Å². The molecule has 1 fully saturated rings. The van der Waals surface area contributed by atoms with Crippen molar-refractivity contribution in [3.8, 4) is 0 Å². The molecule has 2 N–H and O–H groups in total. The molecule has 2 aromatic rings. The van der Waals surface area contributed by atoms with Gasteiger partial charge in [-0.1, -0.05) is 56.3 Å². The summed E-state index contributed by atoms with van der Waals surface area (Å²) in [6, 6.07) is 10.6. The summed E-state index contributed by atoms with van der Waals surface area (Å²) in [5, 5.41) is 4.11. The molecule has 0 spiro atoms. The molecule has 2 heterocycles. The highest BCUT2D eigenvalue weighted by molar-refractivity contribution is 5.22. The fourth-order valence-electron chi connectivity index (χ4n) is 3.22. The van der Waals surface area contributed by atoms with Gasteiger partial charge < -0.3 is 10.3 Å². The lowest BCUT2D eigenvalue weighted by Crippen LogP contribution is -2.23. The van der Waals surface area contributed by atoms with E-state index in [9.17, 15) is 0 Å². The molecule has 0 radical (unpaired) electrons. The third-order valence-corrected chi connectivity index (χ3v) is 4.54. The smallest absolute Gasteiger partial charge is 0.240 e. The number of hydrogen-bond donors (Lipinski definition) is 1. The Kier molecular flexibility index (Phi) is 4.50. The molecule has 2 atom stereocenters. The largest absolute Gasteiger partial charge is 0.338 e. The van der Waals surface area contributed by atoms with Gasteiger partial charge in [0.05, 0.1) is 6.54 Å². The first-order valence-electron chi connectivity index (χ1n) is 8.28. The van der Waals surface area contributed by atoms with Crippen molar-refractivity contribution in [2.24, 2.45) is 11.7 Å². The Bertz CT molecular complexity index is 632. The standard InChI is InChI=1S/C18H26N4O/c1-18(2,3)17-20-16(23-21-17)12-22-10-14(9-19)15(11-22)13-7-5-4-6-8-13/h4-8,14-15H,9-12,19H2,1-3H3/t14-,15+/m1/s1. The van der Waals surface area contributed by atoms with Gasteiger partial charge >= 0.3 is 0 Å². The number of nitrogens with zero attached hydrogens (tertiary/aromatic N) is 3. The van der Waals surface area contributed by atoms with E-state index in [-0.39, 0.29) is 5.41 Å². The highest BCUT2D eigenvalue weighted by atomic mass is 16.5. The Labute approximate surface area is 137 Å². The second-order valence-corrected chi connectivity index (χ2v) is 7.47. The Balaban J connectivity index is 1.69. The van der Waals surface area contributed by atoms with Crippen LogP contribution < -0.4 is 5.73 Å². The summed E-state index contributed by atoms with van der Waals surface area (Å²) in [6.07, 6.45) is 0. The van der Waals surface area contributed by atoms with Crippen LogP contribution in [0.2, 0.25) is 0 Å². The summed E-state index contributed by atoms with van der Waals surface area (Å²) in [5.41, 5.74) is 7.28. The van der Waals surface area contributed by atoms with Gasteiger partial charge in [0.2, 0.25) is 5.89 Å². The minimum atomic E-state index is -0.0842. The van der Waals surface area contributed by atoms with E-state index in [1.165, 1.54) is 5.56 Å². The van der Waals surface area contributed by atoms with Gasteiger partial charge in [-0.2, -0.15) is 4.98 Å². The van der Waals surface area contributed by atoms with Crippen molar-refractivity contribution in [2.75, 3.05) is 19.6 Å². The average Bonchev–Trinajstić information content (AvgIpc) is 3.15. The zero-order chi connectivity index (χ0) is 16.4. The molecule has 0 unspecified atom stereocenters. The molecule has 0 aliphatic carbocycles. The first-order valence-corrected chi connectivity index (χ1v) is 8.28. The van der Waals surface area contributed by atoms with E-state index < -0.39 is 0 Å². The SMILES string of the molecule is CC(C)(C)c1noc(CN2C[C@@H](CN)[C@H](c3ccccc3)C2)n1. The summed E-state index contributed by atoms with van der Waals surface area (Å²) in [4.78, 5) is 6.91. The van der Waals surface area contributed by atoms with Crippen molar-refractivity contribution in [2.45, 2.75) is 38.6 Å². The summed E-state index contributed by atoms with van der Waals surface area (Å²) in [7, 11) is 0. The number of rotatable bonds is 4. The number of nitrogens with two attached hydrogens (primary N) is 1. The third kappa shape index (κ3) is 3.62. The van der Waals surface area contributed by atoms with Gasteiger partial charge in [0.1, 0.15) is 0 Å². The zero-order valence-electron chi connectivity index (χ0n) is 14.2. The zero-order valence-corrected chi connectivity index (χ0v) is 14.2. The van der Waals surface area contributed by atoms with Crippen LogP contribution in [0.1, 0.15) is 44.0 Å². The molecule has 124 valence electrons. The van der Waals surface area contributed by atoms with Gasteiger partial charge in [0.25, 0.3) is 0 Å². The molecule has 1 aliphatic heterocycles. The fourth-order valence-corrected chi connectivity index (χ4v) is 3.22. The molecule has 5 heteroatoms. The topological polar surface area (TPSA) is 68.2 Å². The van der Waals surface area contributed by atoms with Crippen LogP contribution in [0.3, 0.4) is 0 Å². The second-order valence-electron chi connectivity index (χ2n) is 7.47. The Hall–Kier alpha value is -1.72. The maximum absolute atomic E-state index is 6.00. The van der Waals surface area contributed by atoms with Crippen molar-refractivity contribution in [1.29, 1.82) is 0 Å². The molecule has 1 saturated heterocycles. The molecule has 5 nitrogen and oxygen atoms in total. The monoisotopic (exact) mass is 314 g/mol. The van der Waals surface area contributed by atoms with Crippen LogP contribution >= 0.6 is 0 Å². The Morgan fingerprint density at radius 3 is 2.57 bits per heavy atom. The maximum Gasteiger partial charge on any atom is 0.240 e. The van der Waals surface area contributed by atoms with Crippen molar-refractivity contribution in [3.63, 3.8) is 0 Å². The third-order valence-electron chi connectivity index (χ3n) is 4.54. The lowest BCUT2D eigenvalue weighted by atomic mass is 9.89. The number of benzene rings is 1. The predicted octanol–water partition coefficient (Wildman–Crippen LogP) is 2.54. The van der Waals surface area contributed by atoms with Gasteiger partial charge in [-0.05, 0) is 18.0 Å². The van der Waals surface area contributed by atoms with E-state index in [2.05, 4.69) is 66.1 Å². The molecule has 1 aromatic carbocycles. The van der Waals surface area contributed by atoms with Gasteiger partial charge in [-0.3, -0.25) is 4.90 Å². The second kappa shape index (κ2) is 6.42. The van der Waals surface area contributed by atoms with Crippen molar-refractivity contribution < 1.29 is 4.52 Å². The molecular formula is C18H26N4O. The molecule has 0 saturated carbocycles. The summed E-state index contributed by atoms with van der Waals surface area (Å²) in [5.74, 6) is 2.41. The molecule has 0 bridgehead atoms. The molecule has 0 amide bonds. The first-order chi connectivity index (χ1) is 11.0. The molecular weight excluding hydrogens is 288 g/mol. The quantitative estimate of drug-likeness (QED) is 0.939. The van der Waals surface area contributed by atoms with Crippen LogP contribution in [0, 0.1) is 5.92 Å². The van der Waals surface area contributed by atoms with Gasteiger partial charge in [-0.25, -0.2) is 0 Å². The summed E-state index contributed by atoms with van der Waals surface area (Å²) < 4.78 is 5.43. The van der Waals surface area contributed by atoms with Crippen LogP contribution in [0.15, 0.2) is 34.9 Å². The fraction of sp³-hybridized carbons (Fsp3) is 0.556. The Morgan fingerprint density at radius 1 is 1.22 bits per heavy atom. The number of hydrogen-bond acceptors (Lipinski definition) is 5. The van der Waals surface area contributed by atoms with Crippen LogP contribution in [0.4, 0.5) is 0 Å². The van der Waals surface area contributed by atoms with E-state index in [4.69, 9.17) is 10.3 Å². The summed E-state index contributed by atoms with van der Waals surface area (Å²) in [6.45, 7) is 9.63. The van der Waals surface area contributed by atoms with Crippen LogP contribution in [0.5, 0.6) is 0 Å². The maximum atomic E-state index is 6.00. The molecule has 1 aromatic heterocycles. The normalized spacial score (nSPS) is 22.6. The minimum Gasteiger partial charge on any atom is -0.338 e. The van der Waals surface area contributed by atoms with Crippen molar-refractivity contribution in [1.82, 2.24) is 15.0 Å². The Morgan fingerprint density at radius 2 is 1.96 bits per heavy atom. The number of aromatic nitrogens is 2. The number of likely N-dealkylation sites (tertiary alicyclic amines) is 1. The average molecular weight is 314 g/mol. The van der Waals surface area contributed by atoms with E-state index in [1.807, 2.05) is 0 Å². The molecule has 1 aliphatic rings. The summed E-state index contributed by atoms with van der Waals surface area (Å²) >= 11 is 0. The van der Waals surface area contributed by atoms with E-state index in [0.717, 1.165) is 18.9 Å². The predicted molar refractivity (Wildman–Crippen MR) is 90.0 cm³/mol. The van der Waals surface area contributed by atoms with Crippen molar-refractivity contribution in [3.05, 3.63) is 47.6 Å². The first kappa shape index (κ1) is 16.1. The van der Waals surface area contributed by atoms with Crippen LogP contribution in [-0.4, -0.2) is 34.7 Å². The van der Waals surface area contributed by atoms with Crippen molar-refractivity contribution >= 4 is 0 Å². The minimum absolute atomic E-state index is 0.0842. The van der Waals surface area contributed by atoms with Gasteiger partial charge in [0.15, 0.2) is 5.82 Å². The van der Waals surface area contributed by atoms with E-state index in [1.54, 1.807) is 0 Å². The van der Waals surface area contributed by atoms with Gasteiger partial charge in [-0.15, -0.1) is 0 Å². The van der Waals surface area contributed by atoms with Crippen LogP contribution in [0.25, 0.3) is 0 Å². The van der Waals surface area contributed by atoms with Crippen LogP contribution in [-0.2, 0) is 12.0 Å². The highest BCUT2D eigenvalue weighted by Gasteiger charge is 2.33. The lowest BCUT2D eigenvalue weighted by Gasteiger charge is -2.16. The molecule has 3 rings (SSSR count). The molecule has 23 heavy (non-hydrogen) atoms. The lowest BCUT2D eigenvalue weighted by molar-refractivity contribution is 0.259.